The topological polar surface area (TPSA) is 34.9 Å². The highest BCUT2D eigenvalue weighted by molar-refractivity contribution is 5.94. The minimum absolute atomic E-state index is 0.0577. The molecule has 3 rings (SSSR count). The van der Waals surface area contributed by atoms with Gasteiger partial charge in [-0.15, -0.1) is 0 Å². The molecule has 0 atom stereocenters. The van der Waals surface area contributed by atoms with E-state index in [4.69, 9.17) is 0 Å². The lowest BCUT2D eigenvalue weighted by Crippen LogP contribution is -1.98. The second kappa shape index (κ2) is 5.13. The van der Waals surface area contributed by atoms with Crippen molar-refractivity contribution < 1.29 is 4.79 Å². The van der Waals surface area contributed by atoms with Crippen molar-refractivity contribution in [2.45, 2.75) is 6.92 Å². The van der Waals surface area contributed by atoms with Crippen LogP contribution in [0.25, 0.3) is 16.8 Å². The van der Waals surface area contributed by atoms with Crippen LogP contribution in [0.5, 0.6) is 0 Å². The molecule has 0 saturated carbocycles. The number of ketones is 1. The van der Waals surface area contributed by atoms with Gasteiger partial charge in [-0.25, -0.2) is 4.68 Å². The van der Waals surface area contributed by atoms with Crippen LogP contribution in [0.4, 0.5) is 0 Å². The maximum absolute atomic E-state index is 11.4. The highest BCUT2D eigenvalue weighted by atomic mass is 16.1. The van der Waals surface area contributed by atoms with E-state index in [0.717, 1.165) is 16.8 Å². The van der Waals surface area contributed by atoms with Crippen LogP contribution in [-0.2, 0) is 0 Å². The maximum Gasteiger partial charge on any atom is 0.159 e. The van der Waals surface area contributed by atoms with Gasteiger partial charge < -0.3 is 0 Å². The summed E-state index contributed by atoms with van der Waals surface area (Å²) in [6.45, 7) is 1.57. The van der Waals surface area contributed by atoms with Gasteiger partial charge in [0.25, 0.3) is 0 Å². The Bertz CT molecular complexity index is 744. The molecule has 2 aromatic carbocycles. The number of benzene rings is 2. The number of aromatic nitrogens is 2. The summed E-state index contributed by atoms with van der Waals surface area (Å²) in [5, 5.41) is 4.37. The Morgan fingerprint density at radius 2 is 1.80 bits per heavy atom. The third-order valence-electron chi connectivity index (χ3n) is 3.21. The van der Waals surface area contributed by atoms with E-state index in [1.54, 1.807) is 11.6 Å². The number of carbonyl (C=O) groups excluding carboxylic acids is 1. The number of carbonyl (C=O) groups is 1. The normalized spacial score (nSPS) is 10.4. The van der Waals surface area contributed by atoms with Crippen molar-refractivity contribution in [2.24, 2.45) is 0 Å². The zero-order valence-corrected chi connectivity index (χ0v) is 11.2. The van der Waals surface area contributed by atoms with Gasteiger partial charge in [-0.3, -0.25) is 4.79 Å². The van der Waals surface area contributed by atoms with Crippen LogP contribution in [0.15, 0.2) is 67.0 Å². The molecule has 0 amide bonds. The molecule has 3 heteroatoms. The second-order valence-corrected chi connectivity index (χ2v) is 4.65. The molecule has 0 spiro atoms. The van der Waals surface area contributed by atoms with Gasteiger partial charge in [-0.05, 0) is 24.6 Å². The molecule has 3 nitrogen and oxygen atoms in total. The Labute approximate surface area is 117 Å². The largest absolute Gasteiger partial charge is 0.295 e. The number of hydrogen-bond donors (Lipinski definition) is 0. The summed E-state index contributed by atoms with van der Waals surface area (Å²) < 4.78 is 1.79. The van der Waals surface area contributed by atoms with Crippen molar-refractivity contribution in [1.82, 2.24) is 9.78 Å². The summed E-state index contributed by atoms with van der Waals surface area (Å²) in [6.07, 6.45) is 3.80. The highest BCUT2D eigenvalue weighted by Crippen LogP contribution is 2.20. The SMILES string of the molecule is CC(=O)c1cccc(-n2cc(-c3ccccc3)cn2)c1. The Kier molecular flexibility index (Phi) is 3.17. The summed E-state index contributed by atoms with van der Waals surface area (Å²) >= 11 is 0. The molecular weight excluding hydrogens is 248 g/mol. The summed E-state index contributed by atoms with van der Waals surface area (Å²) in [5.41, 5.74) is 3.76. The third-order valence-corrected chi connectivity index (χ3v) is 3.21. The summed E-state index contributed by atoms with van der Waals surface area (Å²) in [7, 11) is 0. The lowest BCUT2D eigenvalue weighted by atomic mass is 10.1. The number of hydrogen-bond acceptors (Lipinski definition) is 2. The van der Waals surface area contributed by atoms with E-state index in [1.165, 1.54) is 0 Å². The first kappa shape index (κ1) is 12.4. The van der Waals surface area contributed by atoms with Gasteiger partial charge in [0.1, 0.15) is 0 Å². The number of Topliss-reactive ketones (excluding diaryl/α,β-unsaturated/α-hetero) is 1. The summed E-state index contributed by atoms with van der Waals surface area (Å²) in [6, 6.07) is 17.6. The standard InChI is InChI=1S/C17H14N2O/c1-13(20)15-8-5-9-17(10-15)19-12-16(11-18-19)14-6-3-2-4-7-14/h2-12H,1H3. The summed E-state index contributed by atoms with van der Waals surface area (Å²) in [4.78, 5) is 11.4. The first-order chi connectivity index (χ1) is 9.74. The van der Waals surface area contributed by atoms with Crippen LogP contribution in [-0.4, -0.2) is 15.6 Å². The lowest BCUT2D eigenvalue weighted by molar-refractivity contribution is 0.101. The Morgan fingerprint density at radius 3 is 2.55 bits per heavy atom. The Hall–Kier alpha value is -2.68. The Balaban J connectivity index is 1.98. The monoisotopic (exact) mass is 262 g/mol. The van der Waals surface area contributed by atoms with E-state index >= 15 is 0 Å². The molecule has 0 aliphatic rings. The van der Waals surface area contributed by atoms with Crippen LogP contribution in [0.1, 0.15) is 17.3 Å². The molecule has 0 saturated heterocycles. The molecule has 0 aliphatic heterocycles. The van der Waals surface area contributed by atoms with Crippen LogP contribution in [0.3, 0.4) is 0 Å². The molecule has 0 unspecified atom stereocenters. The zero-order valence-electron chi connectivity index (χ0n) is 11.2. The fourth-order valence-electron chi connectivity index (χ4n) is 2.11. The van der Waals surface area contributed by atoms with E-state index in [2.05, 4.69) is 5.10 Å². The molecule has 0 bridgehead atoms. The van der Waals surface area contributed by atoms with Crippen LogP contribution < -0.4 is 0 Å². The number of nitrogens with zero attached hydrogens (tertiary/aromatic N) is 2. The van der Waals surface area contributed by atoms with E-state index in [9.17, 15) is 4.79 Å². The van der Waals surface area contributed by atoms with Crippen molar-refractivity contribution in [3.8, 4) is 16.8 Å². The molecule has 1 aromatic heterocycles. The van der Waals surface area contributed by atoms with Gasteiger partial charge in [-0.2, -0.15) is 5.10 Å². The van der Waals surface area contributed by atoms with Gasteiger partial charge in [0.05, 0.1) is 11.9 Å². The van der Waals surface area contributed by atoms with Crippen LogP contribution in [0.2, 0.25) is 0 Å². The smallest absolute Gasteiger partial charge is 0.159 e. The fourth-order valence-corrected chi connectivity index (χ4v) is 2.11. The van der Waals surface area contributed by atoms with Gasteiger partial charge in [0, 0.05) is 17.3 Å². The lowest BCUT2D eigenvalue weighted by Gasteiger charge is -2.02. The van der Waals surface area contributed by atoms with Crippen molar-refractivity contribution in [1.29, 1.82) is 0 Å². The molecule has 0 N–H and O–H groups in total. The van der Waals surface area contributed by atoms with Crippen molar-refractivity contribution >= 4 is 5.78 Å². The van der Waals surface area contributed by atoms with Crippen molar-refractivity contribution in [3.05, 3.63) is 72.6 Å². The predicted octanol–water partition coefficient (Wildman–Crippen LogP) is 3.74. The average molecular weight is 262 g/mol. The first-order valence-electron chi connectivity index (χ1n) is 6.45. The van der Waals surface area contributed by atoms with Gasteiger partial charge in [0.15, 0.2) is 5.78 Å². The minimum Gasteiger partial charge on any atom is -0.295 e. The molecule has 20 heavy (non-hydrogen) atoms. The zero-order chi connectivity index (χ0) is 13.9. The number of rotatable bonds is 3. The maximum atomic E-state index is 11.4. The van der Waals surface area contributed by atoms with Gasteiger partial charge in [-0.1, -0.05) is 42.5 Å². The quantitative estimate of drug-likeness (QED) is 0.674. The van der Waals surface area contributed by atoms with E-state index < -0.39 is 0 Å². The predicted molar refractivity (Wildman–Crippen MR) is 79.0 cm³/mol. The van der Waals surface area contributed by atoms with E-state index in [0.29, 0.717) is 5.56 Å². The summed E-state index contributed by atoms with van der Waals surface area (Å²) in [5.74, 6) is 0.0577. The Morgan fingerprint density at radius 1 is 1.00 bits per heavy atom. The molecule has 98 valence electrons. The van der Waals surface area contributed by atoms with Crippen molar-refractivity contribution in [2.75, 3.05) is 0 Å². The van der Waals surface area contributed by atoms with E-state index in [1.807, 2.05) is 67.0 Å². The fraction of sp³-hybridized carbons (Fsp3) is 0.0588. The van der Waals surface area contributed by atoms with Crippen LogP contribution >= 0.6 is 0 Å². The minimum atomic E-state index is 0.0577. The average Bonchev–Trinajstić information content (AvgIpc) is 2.98. The van der Waals surface area contributed by atoms with Gasteiger partial charge >= 0.3 is 0 Å². The molecule has 1 heterocycles. The first-order valence-corrected chi connectivity index (χ1v) is 6.45. The third kappa shape index (κ3) is 2.38. The van der Waals surface area contributed by atoms with Crippen LogP contribution in [0, 0.1) is 0 Å². The van der Waals surface area contributed by atoms with Crippen molar-refractivity contribution in [3.63, 3.8) is 0 Å². The molecule has 0 aliphatic carbocycles. The molecule has 3 aromatic rings. The molecule has 0 fully saturated rings. The second-order valence-electron chi connectivity index (χ2n) is 4.65. The van der Waals surface area contributed by atoms with E-state index in [-0.39, 0.29) is 5.78 Å². The molecule has 0 radical (unpaired) electrons. The highest BCUT2D eigenvalue weighted by Gasteiger charge is 2.05. The van der Waals surface area contributed by atoms with Gasteiger partial charge in [0.2, 0.25) is 0 Å². The molecular formula is C17H14N2O.